The van der Waals surface area contributed by atoms with Gasteiger partial charge in [0.2, 0.25) is 11.8 Å². The van der Waals surface area contributed by atoms with Crippen molar-refractivity contribution < 1.29 is 9.59 Å². The molecule has 0 saturated heterocycles. The van der Waals surface area contributed by atoms with Gasteiger partial charge in [0.1, 0.15) is 0 Å². The van der Waals surface area contributed by atoms with Crippen LogP contribution in [-0.2, 0) is 16.0 Å². The summed E-state index contributed by atoms with van der Waals surface area (Å²) in [6.45, 7) is 1.71. The van der Waals surface area contributed by atoms with Gasteiger partial charge >= 0.3 is 0 Å². The van der Waals surface area contributed by atoms with Crippen LogP contribution in [0.3, 0.4) is 0 Å². The number of hydrazone groups is 1. The summed E-state index contributed by atoms with van der Waals surface area (Å²) in [6.07, 6.45) is 1.13. The Bertz CT molecular complexity index is 784. The zero-order valence-electron chi connectivity index (χ0n) is 16.0. The molecule has 27 heavy (non-hydrogen) atoms. The van der Waals surface area contributed by atoms with E-state index in [1.54, 1.807) is 6.92 Å². The number of nitrogens with zero attached hydrogens (tertiary/aromatic N) is 2. The zero-order valence-corrected chi connectivity index (χ0v) is 16.0. The van der Waals surface area contributed by atoms with Crippen LogP contribution in [-0.4, -0.2) is 31.6 Å². The summed E-state index contributed by atoms with van der Waals surface area (Å²) < 4.78 is 0. The maximum Gasteiger partial charge on any atom is 0.240 e. The number of amides is 2. The molecule has 0 saturated carbocycles. The monoisotopic (exact) mass is 366 g/mol. The van der Waals surface area contributed by atoms with Gasteiger partial charge in [-0.2, -0.15) is 5.10 Å². The van der Waals surface area contributed by atoms with Gasteiger partial charge in [-0.3, -0.25) is 9.59 Å². The van der Waals surface area contributed by atoms with E-state index >= 15 is 0 Å². The van der Waals surface area contributed by atoms with Crippen molar-refractivity contribution in [2.45, 2.75) is 26.2 Å². The molecule has 0 bridgehead atoms. The van der Waals surface area contributed by atoms with Crippen LogP contribution in [0.1, 0.15) is 25.3 Å². The molecule has 2 aromatic carbocycles. The summed E-state index contributed by atoms with van der Waals surface area (Å²) in [5.41, 5.74) is 5.94. The molecule has 0 aliphatic rings. The van der Waals surface area contributed by atoms with E-state index in [4.69, 9.17) is 0 Å². The van der Waals surface area contributed by atoms with Gasteiger partial charge in [-0.15, -0.1) is 0 Å². The Morgan fingerprint density at radius 3 is 2.26 bits per heavy atom. The molecule has 2 rings (SSSR count). The molecule has 0 atom stereocenters. The van der Waals surface area contributed by atoms with E-state index in [0.717, 1.165) is 16.9 Å². The predicted molar refractivity (Wildman–Crippen MR) is 110 cm³/mol. The smallest absolute Gasteiger partial charge is 0.240 e. The Hall–Kier alpha value is -3.15. The van der Waals surface area contributed by atoms with Crippen LogP contribution in [0.5, 0.6) is 0 Å². The summed E-state index contributed by atoms with van der Waals surface area (Å²) in [5, 5.41) is 6.83. The molecule has 6 nitrogen and oxygen atoms in total. The lowest BCUT2D eigenvalue weighted by molar-refractivity contribution is -0.121. The number of hydrogen-bond donors (Lipinski definition) is 2. The number of aryl methyl sites for hydroxylation is 1. The third-order valence-corrected chi connectivity index (χ3v) is 3.94. The summed E-state index contributed by atoms with van der Waals surface area (Å²) in [5.74, 6) is -0.342. The van der Waals surface area contributed by atoms with Gasteiger partial charge in [0.25, 0.3) is 0 Å². The highest BCUT2D eigenvalue weighted by atomic mass is 16.2. The Morgan fingerprint density at radius 2 is 1.63 bits per heavy atom. The number of benzene rings is 2. The van der Waals surface area contributed by atoms with Crippen molar-refractivity contribution >= 4 is 28.9 Å². The Morgan fingerprint density at radius 1 is 0.963 bits per heavy atom. The number of carbonyl (C=O) groups is 2. The van der Waals surface area contributed by atoms with Crippen molar-refractivity contribution in [3.63, 3.8) is 0 Å². The number of hydrogen-bond acceptors (Lipinski definition) is 4. The van der Waals surface area contributed by atoms with Gasteiger partial charge in [0.05, 0.1) is 6.42 Å². The topological polar surface area (TPSA) is 73.8 Å². The number of anilines is 2. The van der Waals surface area contributed by atoms with E-state index in [-0.39, 0.29) is 18.2 Å². The van der Waals surface area contributed by atoms with Crippen LogP contribution in [0.25, 0.3) is 0 Å². The highest BCUT2D eigenvalue weighted by Gasteiger charge is 2.06. The van der Waals surface area contributed by atoms with Gasteiger partial charge in [0, 0.05) is 37.6 Å². The Balaban J connectivity index is 1.75. The molecule has 0 unspecified atom stereocenters. The highest BCUT2D eigenvalue weighted by molar-refractivity contribution is 6.05. The van der Waals surface area contributed by atoms with Crippen molar-refractivity contribution in [2.24, 2.45) is 5.10 Å². The predicted octanol–water partition coefficient (Wildman–Crippen LogP) is 3.21. The van der Waals surface area contributed by atoms with Gasteiger partial charge < -0.3 is 10.2 Å². The highest BCUT2D eigenvalue weighted by Crippen LogP contribution is 2.15. The van der Waals surface area contributed by atoms with Crippen molar-refractivity contribution in [3.8, 4) is 0 Å². The minimum atomic E-state index is -0.174. The maximum absolute atomic E-state index is 12.1. The number of rotatable bonds is 8. The Kier molecular flexibility index (Phi) is 7.55. The second-order valence-electron chi connectivity index (χ2n) is 6.53. The van der Waals surface area contributed by atoms with Crippen molar-refractivity contribution in [3.05, 3.63) is 60.2 Å². The molecule has 0 aliphatic carbocycles. The van der Waals surface area contributed by atoms with Crippen LogP contribution in [0.15, 0.2) is 59.7 Å². The number of nitrogens with one attached hydrogen (secondary N) is 2. The molecule has 0 spiro atoms. The number of carbonyl (C=O) groups excluding carboxylic acids is 2. The van der Waals surface area contributed by atoms with Crippen LogP contribution < -0.4 is 15.6 Å². The first-order valence-corrected chi connectivity index (χ1v) is 8.87. The average Bonchev–Trinajstić information content (AvgIpc) is 2.66. The van der Waals surface area contributed by atoms with Crippen molar-refractivity contribution in [1.29, 1.82) is 0 Å². The summed E-state index contributed by atoms with van der Waals surface area (Å²) in [6, 6.07) is 17.4. The first kappa shape index (κ1) is 20.2. The van der Waals surface area contributed by atoms with Gasteiger partial charge in [-0.25, -0.2) is 5.43 Å². The lowest BCUT2D eigenvalue weighted by Gasteiger charge is -2.13. The molecular weight excluding hydrogens is 340 g/mol. The largest absolute Gasteiger partial charge is 0.378 e. The van der Waals surface area contributed by atoms with Crippen LogP contribution in [0.4, 0.5) is 11.4 Å². The fourth-order valence-electron chi connectivity index (χ4n) is 2.44. The van der Waals surface area contributed by atoms with E-state index < -0.39 is 0 Å². The fourth-order valence-corrected chi connectivity index (χ4v) is 2.44. The summed E-state index contributed by atoms with van der Waals surface area (Å²) >= 11 is 0. The first-order valence-electron chi connectivity index (χ1n) is 8.87. The molecule has 142 valence electrons. The van der Waals surface area contributed by atoms with Crippen molar-refractivity contribution in [1.82, 2.24) is 5.43 Å². The van der Waals surface area contributed by atoms with E-state index in [2.05, 4.69) is 15.8 Å². The second kappa shape index (κ2) is 10.1. The fraction of sp³-hybridized carbons (Fsp3) is 0.286. The van der Waals surface area contributed by atoms with Crippen LogP contribution >= 0.6 is 0 Å². The third kappa shape index (κ3) is 7.32. The SMILES string of the molecule is CC(CC(=O)Nc1ccc(N(C)C)cc1)=NNC(=O)CCc1ccccc1. The standard InChI is InChI=1S/C21H26N4O2/c1-16(23-24-20(26)14-9-17-7-5-4-6-8-17)15-21(27)22-18-10-12-19(13-11-18)25(2)3/h4-8,10-13H,9,14-15H2,1-3H3,(H,22,27)(H,24,26). The van der Waals surface area contributed by atoms with E-state index in [0.29, 0.717) is 18.6 Å². The van der Waals surface area contributed by atoms with Crippen LogP contribution in [0.2, 0.25) is 0 Å². The summed E-state index contributed by atoms with van der Waals surface area (Å²) in [7, 11) is 3.92. The second-order valence-corrected chi connectivity index (χ2v) is 6.53. The first-order chi connectivity index (χ1) is 12.9. The third-order valence-electron chi connectivity index (χ3n) is 3.94. The molecule has 0 fully saturated rings. The maximum atomic E-state index is 12.1. The lowest BCUT2D eigenvalue weighted by Crippen LogP contribution is -2.21. The molecule has 0 aromatic heterocycles. The van der Waals surface area contributed by atoms with Gasteiger partial charge in [-0.1, -0.05) is 30.3 Å². The lowest BCUT2D eigenvalue weighted by atomic mass is 10.1. The normalized spacial score (nSPS) is 11.0. The van der Waals surface area contributed by atoms with E-state index in [1.165, 1.54) is 0 Å². The van der Waals surface area contributed by atoms with E-state index in [1.807, 2.05) is 73.6 Å². The molecule has 0 radical (unpaired) electrons. The quantitative estimate of drug-likeness (QED) is 0.556. The molecule has 2 aromatic rings. The van der Waals surface area contributed by atoms with Gasteiger partial charge in [-0.05, 0) is 43.2 Å². The Labute approximate surface area is 160 Å². The van der Waals surface area contributed by atoms with Crippen LogP contribution in [0, 0.1) is 0 Å². The molecule has 2 N–H and O–H groups in total. The molecule has 0 heterocycles. The van der Waals surface area contributed by atoms with E-state index in [9.17, 15) is 9.59 Å². The van der Waals surface area contributed by atoms with Gasteiger partial charge in [0.15, 0.2) is 0 Å². The molecule has 0 aliphatic heterocycles. The minimum Gasteiger partial charge on any atom is -0.378 e. The average molecular weight is 366 g/mol. The van der Waals surface area contributed by atoms with Crippen molar-refractivity contribution in [2.75, 3.05) is 24.3 Å². The summed E-state index contributed by atoms with van der Waals surface area (Å²) in [4.78, 5) is 25.9. The molecular formula is C21H26N4O2. The zero-order chi connectivity index (χ0) is 19.6. The molecule has 6 heteroatoms. The minimum absolute atomic E-state index is 0.119. The molecule has 2 amide bonds.